The third-order valence-corrected chi connectivity index (χ3v) is 3.42. The van der Waals surface area contributed by atoms with Crippen LogP contribution in [0.2, 0.25) is 0 Å². The largest absolute Gasteiger partial charge is 0.342 e. The van der Waals surface area contributed by atoms with Crippen molar-refractivity contribution in [1.82, 2.24) is 15.5 Å². The van der Waals surface area contributed by atoms with E-state index in [1.54, 1.807) is 0 Å². The summed E-state index contributed by atoms with van der Waals surface area (Å²) in [4.78, 5) is 25.5. The number of nitrogens with zero attached hydrogens (tertiary/aromatic N) is 1. The first-order valence-electron chi connectivity index (χ1n) is 7.52. The van der Waals surface area contributed by atoms with E-state index in [-0.39, 0.29) is 29.3 Å². The maximum atomic E-state index is 11.9. The van der Waals surface area contributed by atoms with Crippen molar-refractivity contribution < 1.29 is 9.59 Å². The Kier molecular flexibility index (Phi) is 5.84. The molecule has 0 bridgehead atoms. The van der Waals surface area contributed by atoms with E-state index in [0.717, 1.165) is 25.9 Å². The maximum absolute atomic E-state index is 11.9. The molecule has 20 heavy (non-hydrogen) atoms. The van der Waals surface area contributed by atoms with E-state index in [0.29, 0.717) is 6.54 Å². The average Bonchev–Trinajstić information content (AvgIpc) is 2.35. The Labute approximate surface area is 122 Å². The van der Waals surface area contributed by atoms with Crippen LogP contribution in [-0.2, 0) is 4.79 Å². The number of hydrogen-bond acceptors (Lipinski definition) is 2. The molecule has 0 spiro atoms. The molecule has 116 valence electrons. The standard InChI is InChI=1S/C15H29N3O2/c1-11(2)13(19)18-8-6-12(7-9-18)17-14(20)16-10-15(3,4)5/h11-12H,6-10H2,1-5H3,(H2,16,17,20). The zero-order valence-corrected chi connectivity index (χ0v) is 13.5. The third-order valence-electron chi connectivity index (χ3n) is 3.42. The molecule has 1 aliphatic heterocycles. The predicted molar refractivity (Wildman–Crippen MR) is 80.4 cm³/mol. The Morgan fingerprint density at radius 1 is 1.20 bits per heavy atom. The highest BCUT2D eigenvalue weighted by Crippen LogP contribution is 2.13. The number of likely N-dealkylation sites (tertiary alicyclic amines) is 1. The average molecular weight is 283 g/mol. The Hall–Kier alpha value is -1.26. The minimum Gasteiger partial charge on any atom is -0.342 e. The van der Waals surface area contributed by atoms with Gasteiger partial charge in [-0.2, -0.15) is 0 Å². The van der Waals surface area contributed by atoms with Crippen molar-refractivity contribution in [2.75, 3.05) is 19.6 Å². The van der Waals surface area contributed by atoms with Gasteiger partial charge >= 0.3 is 6.03 Å². The van der Waals surface area contributed by atoms with Gasteiger partial charge in [-0.3, -0.25) is 4.79 Å². The van der Waals surface area contributed by atoms with Crippen LogP contribution in [-0.4, -0.2) is 42.5 Å². The maximum Gasteiger partial charge on any atom is 0.315 e. The lowest BCUT2D eigenvalue weighted by atomic mass is 9.97. The smallest absolute Gasteiger partial charge is 0.315 e. The van der Waals surface area contributed by atoms with E-state index in [4.69, 9.17) is 0 Å². The highest BCUT2D eigenvalue weighted by molar-refractivity contribution is 5.78. The molecule has 1 heterocycles. The summed E-state index contributed by atoms with van der Waals surface area (Å²) in [7, 11) is 0. The molecule has 2 N–H and O–H groups in total. The molecule has 5 nitrogen and oxygen atoms in total. The van der Waals surface area contributed by atoms with E-state index in [1.165, 1.54) is 0 Å². The lowest BCUT2D eigenvalue weighted by molar-refractivity contribution is -0.135. The second-order valence-electron chi connectivity index (χ2n) is 7.14. The summed E-state index contributed by atoms with van der Waals surface area (Å²) in [6, 6.07) is 0.0692. The molecule has 0 aliphatic carbocycles. The Balaban J connectivity index is 2.29. The monoisotopic (exact) mass is 283 g/mol. The highest BCUT2D eigenvalue weighted by atomic mass is 16.2. The van der Waals surface area contributed by atoms with Crippen LogP contribution in [0.5, 0.6) is 0 Å². The van der Waals surface area contributed by atoms with Crippen LogP contribution in [0.1, 0.15) is 47.5 Å². The van der Waals surface area contributed by atoms with Crippen LogP contribution in [0.25, 0.3) is 0 Å². The summed E-state index contributed by atoms with van der Waals surface area (Å²) in [5, 5.41) is 5.88. The molecular formula is C15H29N3O2. The molecule has 5 heteroatoms. The van der Waals surface area contributed by atoms with Crippen molar-refractivity contribution in [2.24, 2.45) is 11.3 Å². The molecular weight excluding hydrogens is 254 g/mol. The highest BCUT2D eigenvalue weighted by Gasteiger charge is 2.25. The number of urea groups is 1. The molecule has 0 aromatic heterocycles. The summed E-state index contributed by atoms with van der Waals surface area (Å²) in [6.07, 6.45) is 1.67. The molecule has 0 aromatic rings. The summed E-state index contributed by atoms with van der Waals surface area (Å²) < 4.78 is 0. The fourth-order valence-electron chi connectivity index (χ4n) is 2.19. The summed E-state index contributed by atoms with van der Waals surface area (Å²) in [5.41, 5.74) is 0.0877. The van der Waals surface area contributed by atoms with Gasteiger partial charge in [-0.15, -0.1) is 0 Å². The molecule has 1 aliphatic rings. The zero-order chi connectivity index (χ0) is 15.3. The fraction of sp³-hybridized carbons (Fsp3) is 0.867. The topological polar surface area (TPSA) is 61.4 Å². The Bertz CT molecular complexity index is 340. The SMILES string of the molecule is CC(C)C(=O)N1CCC(NC(=O)NCC(C)(C)C)CC1. The summed E-state index contributed by atoms with van der Waals surface area (Å²) in [5.74, 6) is 0.259. The first-order valence-corrected chi connectivity index (χ1v) is 7.52. The van der Waals surface area contributed by atoms with E-state index in [9.17, 15) is 9.59 Å². The number of piperidine rings is 1. The Morgan fingerprint density at radius 2 is 1.75 bits per heavy atom. The summed E-state index contributed by atoms with van der Waals surface area (Å²) >= 11 is 0. The number of nitrogens with one attached hydrogen (secondary N) is 2. The van der Waals surface area contributed by atoms with Crippen LogP contribution in [0.15, 0.2) is 0 Å². The van der Waals surface area contributed by atoms with E-state index in [2.05, 4.69) is 31.4 Å². The first kappa shape index (κ1) is 16.8. The van der Waals surface area contributed by atoms with Crippen molar-refractivity contribution >= 4 is 11.9 Å². The second-order valence-corrected chi connectivity index (χ2v) is 7.14. The normalized spacial score (nSPS) is 17.2. The van der Waals surface area contributed by atoms with Gasteiger partial charge in [-0.05, 0) is 18.3 Å². The van der Waals surface area contributed by atoms with Gasteiger partial charge in [-0.25, -0.2) is 4.79 Å². The number of carbonyl (C=O) groups excluding carboxylic acids is 2. The van der Waals surface area contributed by atoms with Crippen molar-refractivity contribution in [3.63, 3.8) is 0 Å². The molecule has 0 unspecified atom stereocenters. The molecule has 1 rings (SSSR count). The van der Waals surface area contributed by atoms with Crippen molar-refractivity contribution in [2.45, 2.75) is 53.5 Å². The number of rotatable bonds is 3. The van der Waals surface area contributed by atoms with Crippen molar-refractivity contribution in [3.05, 3.63) is 0 Å². The van der Waals surface area contributed by atoms with Gasteiger partial charge in [0, 0.05) is 31.6 Å². The lowest BCUT2D eigenvalue weighted by Gasteiger charge is -2.33. The molecule has 0 aromatic carbocycles. The van der Waals surface area contributed by atoms with Crippen LogP contribution in [0.3, 0.4) is 0 Å². The van der Waals surface area contributed by atoms with Crippen molar-refractivity contribution in [1.29, 1.82) is 0 Å². The first-order chi connectivity index (χ1) is 9.19. The minimum atomic E-state index is -0.103. The number of hydrogen-bond donors (Lipinski definition) is 2. The van der Waals surface area contributed by atoms with Crippen LogP contribution < -0.4 is 10.6 Å². The van der Waals surface area contributed by atoms with Gasteiger partial charge in [0.1, 0.15) is 0 Å². The summed E-state index contributed by atoms with van der Waals surface area (Å²) in [6.45, 7) is 12.2. The van der Waals surface area contributed by atoms with E-state index >= 15 is 0 Å². The van der Waals surface area contributed by atoms with Gasteiger partial charge in [0.2, 0.25) is 5.91 Å². The van der Waals surface area contributed by atoms with Crippen molar-refractivity contribution in [3.8, 4) is 0 Å². The van der Waals surface area contributed by atoms with Gasteiger partial charge in [-0.1, -0.05) is 34.6 Å². The van der Waals surface area contributed by atoms with Gasteiger partial charge in [0.15, 0.2) is 0 Å². The molecule has 1 fully saturated rings. The van der Waals surface area contributed by atoms with Gasteiger partial charge in [0.05, 0.1) is 0 Å². The van der Waals surface area contributed by atoms with Crippen LogP contribution in [0.4, 0.5) is 4.79 Å². The van der Waals surface area contributed by atoms with Crippen LogP contribution >= 0.6 is 0 Å². The van der Waals surface area contributed by atoms with Gasteiger partial charge < -0.3 is 15.5 Å². The molecule has 0 atom stereocenters. The minimum absolute atomic E-state index is 0.0505. The predicted octanol–water partition coefficient (Wildman–Crippen LogP) is 1.98. The lowest BCUT2D eigenvalue weighted by Crippen LogP contribution is -2.50. The molecule has 0 saturated carbocycles. The Morgan fingerprint density at radius 3 is 2.20 bits per heavy atom. The molecule has 1 saturated heterocycles. The zero-order valence-electron chi connectivity index (χ0n) is 13.5. The molecule has 0 radical (unpaired) electrons. The molecule has 3 amide bonds. The van der Waals surface area contributed by atoms with Gasteiger partial charge in [0.25, 0.3) is 0 Å². The fourth-order valence-corrected chi connectivity index (χ4v) is 2.19. The second kappa shape index (κ2) is 6.95. The van der Waals surface area contributed by atoms with E-state index in [1.807, 2.05) is 18.7 Å². The number of amides is 3. The number of carbonyl (C=O) groups is 2. The van der Waals surface area contributed by atoms with E-state index < -0.39 is 0 Å². The third kappa shape index (κ3) is 5.80. The quantitative estimate of drug-likeness (QED) is 0.832. The van der Waals surface area contributed by atoms with Crippen LogP contribution in [0, 0.1) is 11.3 Å².